The molecule has 0 radical (unpaired) electrons. The molecule has 0 saturated carbocycles. The van der Waals surface area contributed by atoms with Crippen LogP contribution in [0.4, 0.5) is 0 Å². The van der Waals surface area contributed by atoms with Crippen molar-refractivity contribution in [2.24, 2.45) is 5.11 Å². The Morgan fingerprint density at radius 1 is 1.47 bits per heavy atom. The predicted molar refractivity (Wildman–Crippen MR) is 52.9 cm³/mol. The third-order valence-corrected chi connectivity index (χ3v) is 2.81. The van der Waals surface area contributed by atoms with Gasteiger partial charge in [-0.2, -0.15) is 0 Å². The Bertz CT molecular complexity index is 344. The molecule has 0 aromatic carbocycles. The Morgan fingerprint density at radius 2 is 2.18 bits per heavy atom. The smallest absolute Gasteiger partial charge is 0.214 e. The van der Waals surface area contributed by atoms with Crippen molar-refractivity contribution in [2.75, 3.05) is 6.61 Å². The van der Waals surface area contributed by atoms with Gasteiger partial charge in [0.2, 0.25) is 4.91 Å². The summed E-state index contributed by atoms with van der Waals surface area (Å²) >= 11 is 0. The highest BCUT2D eigenvalue weighted by atomic mass is 16.8. The summed E-state index contributed by atoms with van der Waals surface area (Å²) in [5.41, 5.74) is 6.77. The molecular formula is C9H16N3O5+. The SMILES string of the molecule is CC1(C)O[C@@H]2OC([C@H](O)CO)C(N=[N+]=N)[C@@H]2O1. The van der Waals surface area contributed by atoms with Crippen LogP contribution in [0, 0.1) is 5.53 Å². The van der Waals surface area contributed by atoms with E-state index >= 15 is 0 Å². The second-order valence-corrected chi connectivity index (χ2v) is 4.53. The van der Waals surface area contributed by atoms with Crippen LogP contribution < -0.4 is 4.91 Å². The largest absolute Gasteiger partial charge is 0.394 e. The monoisotopic (exact) mass is 246 g/mol. The second-order valence-electron chi connectivity index (χ2n) is 4.53. The fourth-order valence-electron chi connectivity index (χ4n) is 2.14. The van der Waals surface area contributed by atoms with Crippen LogP contribution in [0.1, 0.15) is 13.8 Å². The molecule has 8 nitrogen and oxygen atoms in total. The Labute approximate surface area is 97.7 Å². The van der Waals surface area contributed by atoms with Crippen molar-refractivity contribution in [3.05, 3.63) is 0 Å². The first-order chi connectivity index (χ1) is 7.98. The van der Waals surface area contributed by atoms with Gasteiger partial charge in [-0.3, -0.25) is 0 Å². The molecule has 2 unspecified atom stereocenters. The normalized spacial score (nSPS) is 40.7. The maximum atomic E-state index is 9.59. The molecule has 8 heteroatoms. The molecule has 2 fully saturated rings. The molecule has 17 heavy (non-hydrogen) atoms. The number of nitrogens with zero attached hydrogens (tertiary/aromatic N) is 2. The van der Waals surface area contributed by atoms with Gasteiger partial charge in [0, 0.05) is 0 Å². The highest BCUT2D eigenvalue weighted by Crippen LogP contribution is 2.39. The number of aliphatic hydroxyl groups is 2. The summed E-state index contributed by atoms with van der Waals surface area (Å²) in [6.07, 6.45) is -3.07. The molecule has 0 aromatic rings. The van der Waals surface area contributed by atoms with Crippen LogP contribution in [0.25, 0.3) is 0 Å². The topological polar surface area (TPSA) is 118 Å². The minimum absolute atomic E-state index is 0.461. The fourth-order valence-corrected chi connectivity index (χ4v) is 2.14. The van der Waals surface area contributed by atoms with Crippen molar-refractivity contribution in [2.45, 2.75) is 50.3 Å². The minimum Gasteiger partial charge on any atom is -0.394 e. The molecule has 96 valence electrons. The molecule has 2 rings (SSSR count). The Kier molecular flexibility index (Phi) is 3.26. The Balaban J connectivity index is 2.18. The van der Waals surface area contributed by atoms with E-state index in [1.807, 2.05) is 0 Å². The lowest BCUT2D eigenvalue weighted by atomic mass is 10.0. The predicted octanol–water partition coefficient (Wildman–Crippen LogP) is -0.865. The van der Waals surface area contributed by atoms with E-state index in [0.717, 1.165) is 0 Å². The van der Waals surface area contributed by atoms with E-state index in [2.05, 4.69) is 10.0 Å². The van der Waals surface area contributed by atoms with Gasteiger partial charge in [0.1, 0.15) is 29.0 Å². The van der Waals surface area contributed by atoms with E-state index < -0.39 is 43.0 Å². The molecule has 0 bridgehead atoms. The first-order valence-corrected chi connectivity index (χ1v) is 5.35. The zero-order chi connectivity index (χ0) is 12.6. The van der Waals surface area contributed by atoms with Crippen LogP contribution >= 0.6 is 0 Å². The zero-order valence-electron chi connectivity index (χ0n) is 9.61. The lowest BCUT2D eigenvalue weighted by molar-refractivity contribution is -0.217. The summed E-state index contributed by atoms with van der Waals surface area (Å²) in [6, 6.07) is -0.651. The summed E-state index contributed by atoms with van der Waals surface area (Å²) in [6.45, 7) is 3.01. The Morgan fingerprint density at radius 3 is 2.76 bits per heavy atom. The van der Waals surface area contributed by atoms with Gasteiger partial charge >= 0.3 is 0 Å². The van der Waals surface area contributed by atoms with E-state index in [4.69, 9.17) is 24.8 Å². The van der Waals surface area contributed by atoms with Crippen LogP contribution in [-0.4, -0.2) is 53.3 Å². The molecule has 3 N–H and O–H groups in total. The van der Waals surface area contributed by atoms with Gasteiger partial charge in [-0.25, -0.2) is 0 Å². The third-order valence-electron chi connectivity index (χ3n) is 2.81. The quantitative estimate of drug-likeness (QED) is 0.442. The van der Waals surface area contributed by atoms with Gasteiger partial charge in [-0.15, -0.1) is 0 Å². The molecule has 2 aliphatic heterocycles. The number of rotatable bonds is 3. The molecule has 2 heterocycles. The van der Waals surface area contributed by atoms with Crippen LogP contribution in [0.15, 0.2) is 5.11 Å². The van der Waals surface area contributed by atoms with Crippen LogP contribution in [0.2, 0.25) is 0 Å². The van der Waals surface area contributed by atoms with E-state index in [-0.39, 0.29) is 0 Å². The van der Waals surface area contributed by atoms with Crippen molar-refractivity contribution >= 4 is 0 Å². The number of ether oxygens (including phenoxy) is 3. The molecular weight excluding hydrogens is 230 g/mol. The van der Waals surface area contributed by atoms with E-state index in [1.54, 1.807) is 13.8 Å². The zero-order valence-corrected chi connectivity index (χ0v) is 9.61. The number of aliphatic hydroxyl groups excluding tert-OH is 2. The summed E-state index contributed by atoms with van der Waals surface area (Å²) in [5, 5.41) is 22.2. The molecule has 0 amide bonds. The molecule has 2 saturated heterocycles. The van der Waals surface area contributed by atoms with Gasteiger partial charge in [0.15, 0.2) is 18.1 Å². The van der Waals surface area contributed by atoms with Gasteiger partial charge in [-0.05, 0) is 13.8 Å². The Hall–Kier alpha value is -0.890. The average molecular weight is 246 g/mol. The highest BCUT2D eigenvalue weighted by Gasteiger charge is 2.58. The number of hydrogen-bond donors (Lipinski definition) is 3. The standard InChI is InChI=1S/C9H16N3O5/c1-9(2)16-7-5(11-12-10)6(4(14)3-13)15-8(7)17-9/h4-8,10,13-14H,3H2,1-2H3/q+1/t4-,5?,6?,7+,8+/m1/s1. The summed E-state index contributed by atoms with van der Waals surface area (Å²) < 4.78 is 16.5. The number of nitrogens with one attached hydrogen (secondary N) is 1. The lowest BCUT2D eigenvalue weighted by Crippen LogP contribution is -2.41. The van der Waals surface area contributed by atoms with Crippen LogP contribution in [0.3, 0.4) is 0 Å². The number of fused-ring (bicyclic) bond motifs is 1. The maximum absolute atomic E-state index is 9.59. The summed E-state index contributed by atoms with van der Waals surface area (Å²) in [4.78, 5) is 2.96. The lowest BCUT2D eigenvalue weighted by Gasteiger charge is -2.23. The van der Waals surface area contributed by atoms with Gasteiger partial charge < -0.3 is 24.4 Å². The van der Waals surface area contributed by atoms with E-state index in [9.17, 15) is 5.11 Å². The minimum atomic E-state index is -1.11. The molecule has 2 aliphatic rings. The first kappa shape index (κ1) is 12.6. The summed E-state index contributed by atoms with van der Waals surface area (Å²) in [7, 11) is 0. The molecule has 0 spiro atoms. The van der Waals surface area contributed by atoms with Crippen LogP contribution in [0.5, 0.6) is 0 Å². The third kappa shape index (κ3) is 2.23. The number of hydrogen-bond acceptors (Lipinski definition) is 7. The second kappa shape index (κ2) is 4.41. The molecule has 0 aliphatic carbocycles. The molecule has 5 atom stereocenters. The van der Waals surface area contributed by atoms with Crippen molar-refractivity contribution < 1.29 is 24.4 Å². The first-order valence-electron chi connectivity index (χ1n) is 5.35. The van der Waals surface area contributed by atoms with E-state index in [1.165, 1.54) is 0 Å². The van der Waals surface area contributed by atoms with Crippen molar-refractivity contribution in [3.63, 3.8) is 0 Å². The van der Waals surface area contributed by atoms with Crippen molar-refractivity contribution in [3.8, 4) is 0 Å². The van der Waals surface area contributed by atoms with E-state index in [0.29, 0.717) is 0 Å². The summed E-state index contributed by atoms with van der Waals surface area (Å²) in [5.74, 6) is -0.791. The van der Waals surface area contributed by atoms with Gasteiger partial charge in [0.05, 0.1) is 6.61 Å². The van der Waals surface area contributed by atoms with Crippen molar-refractivity contribution in [1.82, 2.24) is 4.91 Å². The van der Waals surface area contributed by atoms with Crippen LogP contribution in [-0.2, 0) is 14.2 Å². The highest BCUT2D eigenvalue weighted by molar-refractivity contribution is 4.99. The van der Waals surface area contributed by atoms with Gasteiger partial charge in [-0.1, -0.05) is 0 Å². The molecule has 0 aromatic heterocycles. The fraction of sp³-hybridized carbons (Fsp3) is 1.00. The maximum Gasteiger partial charge on any atom is 0.214 e. The average Bonchev–Trinajstić information content (AvgIpc) is 2.72. The van der Waals surface area contributed by atoms with Gasteiger partial charge in [0.25, 0.3) is 0 Å². The van der Waals surface area contributed by atoms with Crippen molar-refractivity contribution in [1.29, 1.82) is 5.53 Å².